The molecule has 24 heavy (non-hydrogen) atoms. The van der Waals surface area contributed by atoms with Gasteiger partial charge in [0.2, 0.25) is 0 Å². The van der Waals surface area contributed by atoms with E-state index >= 15 is 0 Å². The summed E-state index contributed by atoms with van der Waals surface area (Å²) >= 11 is 0. The third kappa shape index (κ3) is 11.3. The summed E-state index contributed by atoms with van der Waals surface area (Å²) in [7, 11) is 0. The van der Waals surface area contributed by atoms with Gasteiger partial charge in [0.05, 0.1) is 11.5 Å². The fraction of sp³-hybridized carbons (Fsp3) is 0.895. The van der Waals surface area contributed by atoms with Crippen molar-refractivity contribution in [2.75, 3.05) is 13.1 Å². The van der Waals surface area contributed by atoms with Crippen LogP contribution in [0.1, 0.15) is 85.0 Å². The van der Waals surface area contributed by atoms with Crippen molar-refractivity contribution in [3.05, 3.63) is 0 Å². The van der Waals surface area contributed by atoms with E-state index in [9.17, 15) is 9.90 Å². The maximum Gasteiger partial charge on any atom is 0.309 e. The van der Waals surface area contributed by atoms with Crippen LogP contribution in [0, 0.1) is 16.9 Å². The van der Waals surface area contributed by atoms with Crippen LogP contribution in [0.25, 0.3) is 0 Å². The minimum atomic E-state index is -0.751. The summed E-state index contributed by atoms with van der Waals surface area (Å²) in [5.41, 5.74) is -0.664. The molecule has 5 heteroatoms. The Morgan fingerprint density at radius 1 is 1.08 bits per heavy atom. The Kier molecular flexibility index (Phi) is 12.4. The summed E-state index contributed by atoms with van der Waals surface area (Å²) in [4.78, 5) is 12.8. The lowest BCUT2D eigenvalue weighted by atomic mass is 9.87. The van der Waals surface area contributed by atoms with Gasteiger partial charge < -0.3 is 15.1 Å². The van der Waals surface area contributed by atoms with Crippen LogP contribution in [0.3, 0.4) is 0 Å². The molecule has 5 nitrogen and oxygen atoms in total. The van der Waals surface area contributed by atoms with Gasteiger partial charge >= 0.3 is 5.97 Å². The van der Waals surface area contributed by atoms with Gasteiger partial charge in [0.15, 0.2) is 6.19 Å². The van der Waals surface area contributed by atoms with E-state index < -0.39 is 11.4 Å². The molecule has 140 valence electrons. The van der Waals surface area contributed by atoms with Gasteiger partial charge in [0, 0.05) is 13.1 Å². The number of nitrogens with zero attached hydrogens (tertiary/aromatic N) is 2. The van der Waals surface area contributed by atoms with Gasteiger partial charge in [-0.25, -0.2) is 0 Å². The molecule has 0 spiro atoms. The van der Waals surface area contributed by atoms with Crippen LogP contribution in [0.15, 0.2) is 0 Å². The normalized spacial score (nSPS) is 12.6. The zero-order valence-electron chi connectivity index (χ0n) is 15.8. The molecule has 0 fully saturated rings. The van der Waals surface area contributed by atoms with E-state index in [2.05, 4.69) is 13.1 Å². The monoisotopic (exact) mass is 340 g/mol. The van der Waals surface area contributed by atoms with Crippen molar-refractivity contribution in [2.24, 2.45) is 5.41 Å². The molecule has 0 saturated heterocycles. The van der Waals surface area contributed by atoms with Crippen LogP contribution in [-0.2, 0) is 4.79 Å². The number of aliphatic hydroxyl groups excluding tert-OH is 1. The Labute approximate surface area is 147 Å². The second kappa shape index (κ2) is 13.1. The highest BCUT2D eigenvalue weighted by atomic mass is 16.4. The molecule has 0 aromatic heterocycles. The molecule has 0 bridgehead atoms. The van der Waals surface area contributed by atoms with Crippen LogP contribution in [0.4, 0.5) is 0 Å². The molecule has 0 rings (SSSR count). The highest BCUT2D eigenvalue weighted by molar-refractivity contribution is 5.73. The van der Waals surface area contributed by atoms with E-state index in [-0.39, 0.29) is 6.10 Å². The van der Waals surface area contributed by atoms with Gasteiger partial charge in [-0.2, -0.15) is 5.26 Å². The minimum Gasteiger partial charge on any atom is -0.481 e. The molecular weight excluding hydrogens is 304 g/mol. The lowest BCUT2D eigenvalue weighted by Gasteiger charge is -2.19. The molecule has 0 radical (unpaired) electrons. The molecular formula is C19H36N2O3. The van der Waals surface area contributed by atoms with Crippen molar-refractivity contribution in [3.8, 4) is 6.19 Å². The molecule has 0 aliphatic carbocycles. The first kappa shape index (κ1) is 22.7. The second-order valence-electron chi connectivity index (χ2n) is 7.38. The quantitative estimate of drug-likeness (QED) is 0.266. The molecule has 0 aromatic rings. The molecule has 0 saturated carbocycles. The third-order valence-electron chi connectivity index (χ3n) is 4.56. The Morgan fingerprint density at radius 2 is 1.71 bits per heavy atom. The summed E-state index contributed by atoms with van der Waals surface area (Å²) < 4.78 is 0. The zero-order valence-corrected chi connectivity index (χ0v) is 15.8. The summed E-state index contributed by atoms with van der Waals surface area (Å²) in [6, 6.07) is 0. The van der Waals surface area contributed by atoms with E-state index in [4.69, 9.17) is 10.4 Å². The zero-order chi connectivity index (χ0) is 18.4. The first-order valence-corrected chi connectivity index (χ1v) is 9.39. The highest BCUT2D eigenvalue weighted by Gasteiger charge is 2.25. The Morgan fingerprint density at radius 3 is 2.29 bits per heavy atom. The molecule has 0 amide bonds. The Bertz CT molecular complexity index is 377. The molecule has 0 aliphatic heterocycles. The second-order valence-corrected chi connectivity index (χ2v) is 7.38. The largest absolute Gasteiger partial charge is 0.481 e. The standard InChI is InChI=1S/C19H36N2O3/c1-4-5-7-11-17(22)12-10-15-21(16-20)14-9-6-8-13-19(2,3)18(23)24/h17,22H,4-15H2,1-3H3,(H,23,24). The SMILES string of the molecule is CCCCCC(O)CCCN(C#N)CCCCCC(C)(C)C(=O)O. The lowest BCUT2D eigenvalue weighted by molar-refractivity contribution is -0.147. The average Bonchev–Trinajstić information content (AvgIpc) is 2.52. The van der Waals surface area contributed by atoms with E-state index in [1.807, 2.05) is 0 Å². The average molecular weight is 341 g/mol. The predicted molar refractivity (Wildman–Crippen MR) is 96.5 cm³/mol. The first-order chi connectivity index (χ1) is 11.3. The topological polar surface area (TPSA) is 84.6 Å². The molecule has 0 heterocycles. The maximum absolute atomic E-state index is 11.0. The number of hydrogen-bond donors (Lipinski definition) is 2. The number of carboxylic acids is 1. The molecule has 1 unspecified atom stereocenters. The number of aliphatic hydroxyl groups is 1. The maximum atomic E-state index is 11.0. The number of aliphatic carboxylic acids is 1. The molecule has 2 N–H and O–H groups in total. The van der Waals surface area contributed by atoms with Crippen molar-refractivity contribution in [1.82, 2.24) is 4.90 Å². The smallest absolute Gasteiger partial charge is 0.309 e. The molecule has 0 aromatic carbocycles. The highest BCUT2D eigenvalue weighted by Crippen LogP contribution is 2.23. The Balaban J connectivity index is 3.74. The van der Waals surface area contributed by atoms with Gasteiger partial charge in [0.25, 0.3) is 0 Å². The van der Waals surface area contributed by atoms with E-state index in [0.29, 0.717) is 13.0 Å². The van der Waals surface area contributed by atoms with Gasteiger partial charge in [-0.1, -0.05) is 39.0 Å². The first-order valence-electron chi connectivity index (χ1n) is 9.39. The van der Waals surface area contributed by atoms with E-state index in [1.54, 1.807) is 18.7 Å². The number of carboxylic acid groups (broad SMARTS) is 1. The van der Waals surface area contributed by atoms with Crippen LogP contribution < -0.4 is 0 Å². The van der Waals surface area contributed by atoms with Crippen molar-refractivity contribution in [3.63, 3.8) is 0 Å². The summed E-state index contributed by atoms with van der Waals surface area (Å²) in [6.45, 7) is 7.07. The van der Waals surface area contributed by atoms with Crippen LogP contribution in [0.5, 0.6) is 0 Å². The predicted octanol–water partition coefficient (Wildman–Crippen LogP) is 4.16. The Hall–Kier alpha value is -1.28. The van der Waals surface area contributed by atoms with Crippen LogP contribution in [-0.4, -0.2) is 40.3 Å². The van der Waals surface area contributed by atoms with E-state index in [1.165, 1.54) is 12.8 Å². The number of carbonyl (C=O) groups is 1. The summed E-state index contributed by atoms with van der Waals surface area (Å²) in [5.74, 6) is -0.751. The molecule has 0 aliphatic rings. The van der Waals surface area contributed by atoms with Crippen molar-refractivity contribution in [2.45, 2.75) is 91.1 Å². The number of unbranched alkanes of at least 4 members (excludes halogenated alkanes) is 4. The van der Waals surface area contributed by atoms with Crippen LogP contribution in [0.2, 0.25) is 0 Å². The van der Waals surface area contributed by atoms with Crippen molar-refractivity contribution in [1.29, 1.82) is 5.26 Å². The van der Waals surface area contributed by atoms with Gasteiger partial charge in [0.1, 0.15) is 0 Å². The lowest BCUT2D eigenvalue weighted by Crippen LogP contribution is -2.24. The van der Waals surface area contributed by atoms with Gasteiger partial charge in [-0.3, -0.25) is 4.79 Å². The number of rotatable bonds is 15. The van der Waals surface area contributed by atoms with E-state index in [0.717, 1.165) is 51.5 Å². The van der Waals surface area contributed by atoms with Crippen LogP contribution >= 0.6 is 0 Å². The van der Waals surface area contributed by atoms with Crippen molar-refractivity contribution >= 4 is 5.97 Å². The minimum absolute atomic E-state index is 0.240. The third-order valence-corrected chi connectivity index (χ3v) is 4.56. The number of nitriles is 1. The fourth-order valence-corrected chi connectivity index (χ4v) is 2.66. The van der Waals surface area contributed by atoms with Gasteiger partial charge in [-0.15, -0.1) is 0 Å². The number of hydrogen-bond acceptors (Lipinski definition) is 4. The summed E-state index contributed by atoms with van der Waals surface area (Å²) in [5, 5.41) is 28.1. The van der Waals surface area contributed by atoms with Crippen molar-refractivity contribution < 1.29 is 15.0 Å². The fourth-order valence-electron chi connectivity index (χ4n) is 2.66. The molecule has 1 atom stereocenters. The summed E-state index contributed by atoms with van der Waals surface area (Å²) in [6.07, 6.45) is 11.2. The van der Waals surface area contributed by atoms with Gasteiger partial charge in [-0.05, 0) is 46.0 Å².